The summed E-state index contributed by atoms with van der Waals surface area (Å²) >= 11 is 0. The summed E-state index contributed by atoms with van der Waals surface area (Å²) < 4.78 is 57.9. The molecule has 11 nitrogen and oxygen atoms in total. The van der Waals surface area contributed by atoms with Gasteiger partial charge in [-0.25, -0.2) is 18.6 Å². The van der Waals surface area contributed by atoms with Crippen LogP contribution in [0, 0.1) is 11.6 Å². The smallest absolute Gasteiger partial charge is 0.422 e. The number of carbonyl (C=O) groups excluding carboxylic acids is 2. The van der Waals surface area contributed by atoms with Crippen molar-refractivity contribution >= 4 is 22.9 Å². The van der Waals surface area contributed by atoms with E-state index in [-0.39, 0.29) is 36.0 Å². The van der Waals surface area contributed by atoms with Crippen LogP contribution in [0.5, 0.6) is 5.75 Å². The average molecular weight is 633 g/mol. The molecule has 2 amide bonds. The summed E-state index contributed by atoms with van der Waals surface area (Å²) in [6.45, 7) is 9.04. The van der Waals surface area contributed by atoms with E-state index in [0.29, 0.717) is 64.7 Å². The molecule has 13 heteroatoms. The Morgan fingerprint density at radius 3 is 2.09 bits per heavy atom. The molecule has 246 valence electrons. The summed E-state index contributed by atoms with van der Waals surface area (Å²) in [7, 11) is 1.61. The number of hydrazine groups is 1. The van der Waals surface area contributed by atoms with Crippen molar-refractivity contribution in [2.45, 2.75) is 33.0 Å². The Hall–Kier alpha value is -3.78. The molecule has 1 N–H and O–H groups in total. The van der Waals surface area contributed by atoms with Crippen LogP contribution < -0.4 is 10.2 Å². The molecule has 2 heterocycles. The van der Waals surface area contributed by atoms with Gasteiger partial charge in [-0.05, 0) is 32.4 Å². The first-order chi connectivity index (χ1) is 21.5. The second-order valence-corrected chi connectivity index (χ2v) is 11.5. The zero-order valence-corrected chi connectivity index (χ0v) is 26.3. The van der Waals surface area contributed by atoms with Crippen LogP contribution in [0.1, 0.15) is 36.8 Å². The molecule has 0 spiro atoms. The number of piperazine rings is 1. The second-order valence-electron chi connectivity index (χ2n) is 11.5. The maximum absolute atomic E-state index is 14.3. The Bertz CT molecular complexity index is 1420. The summed E-state index contributed by atoms with van der Waals surface area (Å²) in [6.07, 6.45) is -0.572. The topological polar surface area (TPSA) is 104 Å². The Morgan fingerprint density at radius 2 is 1.44 bits per heavy atom. The molecule has 1 aliphatic rings. The number of aromatic nitrogens is 1. The SMILES string of the molecule is Cn1c(C(=O)N2CCN(NC(=O)OC(C)(C)C)CC2)c(OCCOCCOCCOCc2ccccc2)c2cc(F)c(F)cc21. The van der Waals surface area contributed by atoms with Crippen molar-refractivity contribution in [3.05, 3.63) is 65.4 Å². The lowest BCUT2D eigenvalue weighted by atomic mass is 10.2. The van der Waals surface area contributed by atoms with Gasteiger partial charge in [-0.1, -0.05) is 30.3 Å². The van der Waals surface area contributed by atoms with E-state index in [9.17, 15) is 18.4 Å². The van der Waals surface area contributed by atoms with Crippen molar-refractivity contribution in [2.75, 3.05) is 65.8 Å². The van der Waals surface area contributed by atoms with Crippen LogP contribution in [0.3, 0.4) is 0 Å². The lowest BCUT2D eigenvalue weighted by molar-refractivity contribution is 0.00593. The molecule has 1 fully saturated rings. The second kappa shape index (κ2) is 16.0. The number of hydrogen-bond donors (Lipinski definition) is 1. The summed E-state index contributed by atoms with van der Waals surface area (Å²) in [6, 6.07) is 12.0. The normalized spacial score (nSPS) is 14.1. The molecule has 0 radical (unpaired) electrons. The highest BCUT2D eigenvalue weighted by Crippen LogP contribution is 2.35. The number of ether oxygens (including phenoxy) is 5. The number of rotatable bonds is 14. The quantitative estimate of drug-likeness (QED) is 0.263. The molecule has 1 saturated heterocycles. The minimum Gasteiger partial charge on any atom is -0.488 e. The van der Waals surface area contributed by atoms with Crippen molar-refractivity contribution in [3.63, 3.8) is 0 Å². The highest BCUT2D eigenvalue weighted by molar-refractivity contribution is 6.04. The number of hydrogen-bond acceptors (Lipinski definition) is 8. The van der Waals surface area contributed by atoms with Crippen LogP contribution in [-0.4, -0.2) is 97.9 Å². The van der Waals surface area contributed by atoms with Gasteiger partial charge < -0.3 is 33.2 Å². The van der Waals surface area contributed by atoms with Gasteiger partial charge in [0.1, 0.15) is 12.2 Å². The van der Waals surface area contributed by atoms with E-state index in [2.05, 4.69) is 5.43 Å². The molecule has 1 aromatic heterocycles. The van der Waals surface area contributed by atoms with Gasteiger partial charge >= 0.3 is 6.09 Å². The third kappa shape index (κ3) is 9.85. The third-order valence-electron chi connectivity index (χ3n) is 6.94. The minimum atomic E-state index is -1.04. The minimum absolute atomic E-state index is 0.0756. The van der Waals surface area contributed by atoms with E-state index < -0.39 is 23.3 Å². The van der Waals surface area contributed by atoms with Crippen LogP contribution in [0.15, 0.2) is 42.5 Å². The van der Waals surface area contributed by atoms with Gasteiger partial charge in [0.05, 0.1) is 45.2 Å². The monoisotopic (exact) mass is 632 g/mol. The predicted octanol–water partition coefficient (Wildman–Crippen LogP) is 4.28. The van der Waals surface area contributed by atoms with Gasteiger partial charge in [-0.3, -0.25) is 10.2 Å². The highest BCUT2D eigenvalue weighted by atomic mass is 19.2. The zero-order chi connectivity index (χ0) is 32.4. The van der Waals surface area contributed by atoms with E-state index in [0.717, 1.165) is 17.7 Å². The molecule has 1 aliphatic heterocycles. The molecule has 0 unspecified atom stereocenters. The fraction of sp³-hybridized carbons (Fsp3) is 0.500. The molecule has 2 aromatic carbocycles. The van der Waals surface area contributed by atoms with E-state index in [1.165, 1.54) is 4.57 Å². The van der Waals surface area contributed by atoms with Crippen molar-refractivity contribution in [3.8, 4) is 5.75 Å². The Labute approximate surface area is 261 Å². The molecule has 0 atom stereocenters. The fourth-order valence-electron chi connectivity index (χ4n) is 4.79. The van der Waals surface area contributed by atoms with Crippen LogP contribution in [0.2, 0.25) is 0 Å². The van der Waals surface area contributed by atoms with Gasteiger partial charge in [0.15, 0.2) is 23.1 Å². The van der Waals surface area contributed by atoms with E-state index >= 15 is 0 Å². The summed E-state index contributed by atoms with van der Waals surface area (Å²) in [4.78, 5) is 27.4. The van der Waals surface area contributed by atoms with Crippen LogP contribution in [0.4, 0.5) is 13.6 Å². The average Bonchev–Trinajstić information content (AvgIpc) is 3.25. The van der Waals surface area contributed by atoms with E-state index in [1.807, 2.05) is 30.3 Å². The molecule has 4 rings (SSSR count). The summed E-state index contributed by atoms with van der Waals surface area (Å²) in [5.74, 6) is -2.27. The number of carbonyl (C=O) groups is 2. The number of aryl methyl sites for hydroxylation is 1. The van der Waals surface area contributed by atoms with Crippen LogP contribution in [-0.2, 0) is 32.6 Å². The lowest BCUT2D eigenvalue weighted by Crippen LogP contribution is -2.55. The Morgan fingerprint density at radius 1 is 0.844 bits per heavy atom. The van der Waals surface area contributed by atoms with Gasteiger partial charge in [0.25, 0.3) is 5.91 Å². The molecule has 45 heavy (non-hydrogen) atoms. The van der Waals surface area contributed by atoms with Gasteiger partial charge in [-0.15, -0.1) is 0 Å². The van der Waals surface area contributed by atoms with Crippen LogP contribution in [0.25, 0.3) is 10.9 Å². The standard InChI is InChI=1S/C32H42F2N4O7/c1-32(2,3)45-31(40)35-38-12-10-37(11-13-38)30(39)28-29(24-20-25(33)26(34)21-27(24)36(28)4)44-19-18-42-15-14-41-16-17-43-22-23-8-6-5-7-9-23/h5-9,20-21H,10-19,22H2,1-4H3,(H,35,40). The number of benzene rings is 2. The largest absolute Gasteiger partial charge is 0.488 e. The molecule has 0 bridgehead atoms. The molecule has 0 aliphatic carbocycles. The van der Waals surface area contributed by atoms with E-state index in [4.69, 9.17) is 23.7 Å². The number of fused-ring (bicyclic) bond motifs is 1. The Kier molecular flexibility index (Phi) is 12.1. The van der Waals surface area contributed by atoms with Crippen molar-refractivity contribution < 1.29 is 42.1 Å². The first kappa shape index (κ1) is 34.1. The molecule has 3 aromatic rings. The fourth-order valence-corrected chi connectivity index (χ4v) is 4.79. The third-order valence-corrected chi connectivity index (χ3v) is 6.94. The first-order valence-electron chi connectivity index (χ1n) is 14.9. The predicted molar refractivity (Wildman–Crippen MR) is 163 cm³/mol. The zero-order valence-electron chi connectivity index (χ0n) is 26.3. The van der Waals surface area contributed by atoms with Gasteiger partial charge in [-0.2, -0.15) is 0 Å². The molecule has 0 saturated carbocycles. The highest BCUT2D eigenvalue weighted by Gasteiger charge is 2.30. The molecular weight excluding hydrogens is 590 g/mol. The first-order valence-corrected chi connectivity index (χ1v) is 14.9. The maximum atomic E-state index is 14.3. The van der Waals surface area contributed by atoms with E-state index in [1.54, 1.807) is 37.7 Å². The Balaban J connectivity index is 1.27. The van der Waals surface area contributed by atoms with Gasteiger partial charge in [0.2, 0.25) is 0 Å². The summed E-state index contributed by atoms with van der Waals surface area (Å²) in [5, 5.41) is 1.96. The molecular formula is C32H42F2N4O7. The van der Waals surface area contributed by atoms with Gasteiger partial charge in [0, 0.05) is 44.7 Å². The van der Waals surface area contributed by atoms with Crippen molar-refractivity contribution in [1.29, 1.82) is 0 Å². The maximum Gasteiger partial charge on any atom is 0.422 e. The number of halogens is 2. The number of amides is 2. The summed E-state index contributed by atoms with van der Waals surface area (Å²) in [5.41, 5.74) is 3.64. The van der Waals surface area contributed by atoms with Crippen LogP contribution >= 0.6 is 0 Å². The number of nitrogens with zero attached hydrogens (tertiary/aromatic N) is 3. The lowest BCUT2D eigenvalue weighted by Gasteiger charge is -2.35. The van der Waals surface area contributed by atoms with Crippen molar-refractivity contribution in [1.82, 2.24) is 19.9 Å². The van der Waals surface area contributed by atoms with Crippen molar-refractivity contribution in [2.24, 2.45) is 7.05 Å². The number of nitrogens with one attached hydrogen (secondary N) is 1.